The van der Waals surface area contributed by atoms with Crippen molar-refractivity contribution in [1.29, 1.82) is 0 Å². The predicted octanol–water partition coefficient (Wildman–Crippen LogP) is 3.21. The molecule has 0 bridgehead atoms. The molecule has 0 aliphatic rings. The van der Waals surface area contributed by atoms with Crippen molar-refractivity contribution in [3.05, 3.63) is 65.7 Å². The van der Waals surface area contributed by atoms with Gasteiger partial charge in [-0.05, 0) is 23.8 Å². The molecule has 2 aromatic carbocycles. The van der Waals surface area contributed by atoms with Crippen LogP contribution in [0.1, 0.15) is 11.1 Å². The van der Waals surface area contributed by atoms with Crippen LogP contribution < -0.4 is 9.46 Å². The van der Waals surface area contributed by atoms with Crippen LogP contribution >= 0.6 is 0 Å². The van der Waals surface area contributed by atoms with Crippen LogP contribution in [0.4, 0.5) is 13.2 Å². The van der Waals surface area contributed by atoms with Crippen molar-refractivity contribution < 1.29 is 26.3 Å². The van der Waals surface area contributed by atoms with E-state index in [1.54, 1.807) is 30.3 Å². The highest BCUT2D eigenvalue weighted by Gasteiger charge is 2.30. The monoisotopic (exact) mass is 383 g/mol. The van der Waals surface area contributed by atoms with Crippen LogP contribution in [0.2, 0.25) is 0 Å². The van der Waals surface area contributed by atoms with E-state index in [0.29, 0.717) is 5.56 Å². The number of halogens is 3. The molecule has 2 rings (SSSR count). The number of hydrogen-bond donors (Lipinski definition) is 1. The SMILES string of the molecule is O=S(=O)(Cc1ccccc1)NCC#CCOc1cccc(C(F)(F)F)c1. The second-order valence-corrected chi connectivity index (χ2v) is 7.04. The van der Waals surface area contributed by atoms with E-state index in [1.807, 2.05) is 0 Å². The molecular formula is C18H16F3NO3S. The minimum atomic E-state index is -4.44. The lowest BCUT2D eigenvalue weighted by molar-refractivity contribution is -0.137. The largest absolute Gasteiger partial charge is 0.481 e. The Kier molecular flexibility index (Phi) is 6.66. The lowest BCUT2D eigenvalue weighted by Gasteiger charge is -2.08. The number of rotatable bonds is 6. The lowest BCUT2D eigenvalue weighted by atomic mass is 10.2. The van der Waals surface area contributed by atoms with E-state index in [4.69, 9.17) is 4.74 Å². The Morgan fingerprint density at radius 2 is 1.73 bits per heavy atom. The molecule has 8 heteroatoms. The standard InChI is InChI=1S/C18H16F3NO3S/c19-18(20,21)16-9-6-10-17(13-16)25-12-5-4-11-22-26(23,24)14-15-7-2-1-3-8-15/h1-3,6-10,13,22H,11-12,14H2. The Morgan fingerprint density at radius 1 is 1.00 bits per heavy atom. The van der Waals surface area contributed by atoms with E-state index in [9.17, 15) is 21.6 Å². The van der Waals surface area contributed by atoms with Crippen LogP contribution in [0, 0.1) is 11.8 Å². The summed E-state index contributed by atoms with van der Waals surface area (Å²) in [6.07, 6.45) is -4.44. The van der Waals surface area contributed by atoms with E-state index in [0.717, 1.165) is 12.1 Å². The van der Waals surface area contributed by atoms with Crippen molar-refractivity contribution in [2.45, 2.75) is 11.9 Å². The summed E-state index contributed by atoms with van der Waals surface area (Å²) in [5.74, 6) is 4.99. The highest BCUT2D eigenvalue weighted by Crippen LogP contribution is 2.31. The van der Waals surface area contributed by atoms with Gasteiger partial charge in [-0.25, -0.2) is 13.1 Å². The quantitative estimate of drug-likeness (QED) is 0.780. The Hall–Kier alpha value is -2.50. The highest BCUT2D eigenvalue weighted by molar-refractivity contribution is 7.88. The van der Waals surface area contributed by atoms with Crippen molar-refractivity contribution in [2.75, 3.05) is 13.2 Å². The van der Waals surface area contributed by atoms with Crippen molar-refractivity contribution in [3.63, 3.8) is 0 Å². The van der Waals surface area contributed by atoms with E-state index in [1.165, 1.54) is 12.1 Å². The highest BCUT2D eigenvalue weighted by atomic mass is 32.2. The fourth-order valence-corrected chi connectivity index (χ4v) is 3.01. The molecule has 26 heavy (non-hydrogen) atoms. The first kappa shape index (κ1) is 19.8. The molecule has 0 aromatic heterocycles. The molecular weight excluding hydrogens is 367 g/mol. The van der Waals surface area contributed by atoms with Crippen LogP contribution in [0.15, 0.2) is 54.6 Å². The van der Waals surface area contributed by atoms with E-state index >= 15 is 0 Å². The van der Waals surface area contributed by atoms with E-state index in [-0.39, 0.29) is 24.7 Å². The van der Waals surface area contributed by atoms with E-state index in [2.05, 4.69) is 16.6 Å². The molecule has 2 aromatic rings. The molecule has 0 amide bonds. The van der Waals surface area contributed by atoms with Gasteiger partial charge in [0.2, 0.25) is 10.0 Å². The summed E-state index contributed by atoms with van der Waals surface area (Å²) in [5.41, 5.74) is -0.155. The number of alkyl halides is 3. The maximum Gasteiger partial charge on any atom is 0.416 e. The number of benzene rings is 2. The van der Waals surface area contributed by atoms with Gasteiger partial charge in [0, 0.05) is 0 Å². The average Bonchev–Trinajstić information content (AvgIpc) is 2.58. The molecule has 0 fully saturated rings. The fraction of sp³-hybridized carbons (Fsp3) is 0.222. The first-order chi connectivity index (χ1) is 12.3. The lowest BCUT2D eigenvalue weighted by Crippen LogP contribution is -2.25. The number of nitrogens with one attached hydrogen (secondary N) is 1. The van der Waals surface area contributed by atoms with Crippen LogP contribution in [0.3, 0.4) is 0 Å². The van der Waals surface area contributed by atoms with Crippen LogP contribution in [0.5, 0.6) is 5.75 Å². The smallest absolute Gasteiger partial charge is 0.416 e. The van der Waals surface area contributed by atoms with Crippen molar-refractivity contribution in [1.82, 2.24) is 4.72 Å². The molecule has 1 N–H and O–H groups in total. The van der Waals surface area contributed by atoms with Gasteiger partial charge in [-0.1, -0.05) is 48.2 Å². The Labute approximate surface area is 150 Å². The van der Waals surface area contributed by atoms with Crippen LogP contribution in [0.25, 0.3) is 0 Å². The zero-order valence-corrected chi connectivity index (χ0v) is 14.4. The molecule has 0 saturated heterocycles. The summed E-state index contributed by atoms with van der Waals surface area (Å²) >= 11 is 0. The number of ether oxygens (including phenoxy) is 1. The third-order valence-corrected chi connectivity index (χ3v) is 4.47. The Morgan fingerprint density at radius 3 is 2.42 bits per heavy atom. The molecule has 0 saturated carbocycles. The molecule has 138 valence electrons. The van der Waals surface area contributed by atoms with Gasteiger partial charge in [-0.2, -0.15) is 13.2 Å². The van der Waals surface area contributed by atoms with Crippen molar-refractivity contribution in [2.24, 2.45) is 0 Å². The van der Waals surface area contributed by atoms with Crippen LogP contribution in [-0.2, 0) is 22.0 Å². The second-order valence-electron chi connectivity index (χ2n) is 5.23. The van der Waals surface area contributed by atoms with Gasteiger partial charge < -0.3 is 4.74 Å². The molecule has 0 aliphatic carbocycles. The minimum absolute atomic E-state index is 0.0405. The summed E-state index contributed by atoms with van der Waals surface area (Å²) < 4.78 is 68.9. The average molecular weight is 383 g/mol. The molecule has 0 unspecified atom stereocenters. The summed E-state index contributed by atoms with van der Waals surface area (Å²) in [5, 5.41) is 0. The maximum atomic E-state index is 12.6. The molecule has 0 radical (unpaired) electrons. The van der Waals surface area contributed by atoms with Crippen molar-refractivity contribution in [3.8, 4) is 17.6 Å². The summed E-state index contributed by atoms with van der Waals surface area (Å²) in [4.78, 5) is 0. The van der Waals surface area contributed by atoms with Crippen LogP contribution in [-0.4, -0.2) is 21.6 Å². The Balaban J connectivity index is 1.79. The number of hydrogen-bond acceptors (Lipinski definition) is 3. The summed E-state index contributed by atoms with van der Waals surface area (Å²) in [7, 11) is -3.51. The maximum absolute atomic E-state index is 12.6. The van der Waals surface area contributed by atoms with Gasteiger partial charge in [0.05, 0.1) is 17.9 Å². The van der Waals surface area contributed by atoms with Gasteiger partial charge in [0.25, 0.3) is 0 Å². The predicted molar refractivity (Wildman–Crippen MR) is 91.8 cm³/mol. The molecule has 0 atom stereocenters. The van der Waals surface area contributed by atoms with Gasteiger partial charge in [-0.3, -0.25) is 0 Å². The zero-order chi connectivity index (χ0) is 19.0. The fourth-order valence-electron chi connectivity index (χ4n) is 1.99. The van der Waals surface area contributed by atoms with Gasteiger partial charge in [0.1, 0.15) is 12.4 Å². The Bertz CT molecular complexity index is 885. The molecule has 0 heterocycles. The summed E-state index contributed by atoms with van der Waals surface area (Å²) in [6.45, 7) is -0.261. The third-order valence-electron chi connectivity index (χ3n) is 3.18. The minimum Gasteiger partial charge on any atom is -0.481 e. The van der Waals surface area contributed by atoms with Gasteiger partial charge >= 0.3 is 6.18 Å². The topological polar surface area (TPSA) is 55.4 Å². The zero-order valence-electron chi connectivity index (χ0n) is 13.6. The first-order valence-electron chi connectivity index (χ1n) is 7.53. The van der Waals surface area contributed by atoms with Gasteiger partial charge in [0.15, 0.2) is 0 Å². The molecule has 4 nitrogen and oxygen atoms in total. The second kappa shape index (κ2) is 8.74. The normalized spacial score (nSPS) is 11.5. The van der Waals surface area contributed by atoms with Gasteiger partial charge in [-0.15, -0.1) is 0 Å². The first-order valence-corrected chi connectivity index (χ1v) is 9.18. The molecule has 0 spiro atoms. The summed E-state index contributed by atoms with van der Waals surface area (Å²) in [6, 6.07) is 13.1. The molecule has 0 aliphatic heterocycles. The third kappa shape index (κ3) is 6.78. The van der Waals surface area contributed by atoms with Crippen molar-refractivity contribution >= 4 is 10.0 Å². The number of sulfonamides is 1. The van der Waals surface area contributed by atoms with E-state index < -0.39 is 21.8 Å².